The first-order valence-electron chi connectivity index (χ1n) is 4.85. The third-order valence-electron chi connectivity index (χ3n) is 3.47. The molecule has 2 aliphatic heterocycles. The predicted octanol–water partition coefficient (Wildman–Crippen LogP) is -0.798. The van der Waals surface area contributed by atoms with Crippen LogP contribution in [0, 0.1) is 5.41 Å². The lowest BCUT2D eigenvalue weighted by atomic mass is 9.64. The molecule has 2 heterocycles. The molecule has 0 atom stereocenters. The summed E-state index contributed by atoms with van der Waals surface area (Å²) in [5, 5.41) is 22.4. The zero-order chi connectivity index (χ0) is 10.2. The summed E-state index contributed by atoms with van der Waals surface area (Å²) in [6.45, 7) is 1.62. The van der Waals surface area contributed by atoms with E-state index in [1.54, 1.807) is 0 Å². The van der Waals surface area contributed by atoms with E-state index in [0.717, 1.165) is 0 Å². The molecule has 5 nitrogen and oxygen atoms in total. The average Bonchev–Trinajstić information content (AvgIpc) is 2.01. The molecule has 0 saturated carbocycles. The Balaban J connectivity index is 2.21. The summed E-state index contributed by atoms with van der Waals surface area (Å²) in [5.41, 5.74) is -2.08. The predicted molar refractivity (Wildman–Crippen MR) is 47.9 cm³/mol. The third kappa shape index (κ3) is 1.16. The standard InChI is InChI=1S/C9H15NO4/c11-7(12)8(5-10-6-8)9(13)1-3-14-4-2-9/h10,13H,1-6H2,(H,11,12). The van der Waals surface area contributed by atoms with Gasteiger partial charge in [-0.15, -0.1) is 0 Å². The molecular weight excluding hydrogens is 186 g/mol. The molecule has 0 aromatic rings. The number of carbonyl (C=O) groups is 1. The number of aliphatic carboxylic acids is 1. The van der Waals surface area contributed by atoms with Crippen LogP contribution < -0.4 is 5.32 Å². The van der Waals surface area contributed by atoms with Gasteiger partial charge in [-0.3, -0.25) is 4.79 Å². The van der Waals surface area contributed by atoms with Gasteiger partial charge in [-0.25, -0.2) is 0 Å². The zero-order valence-corrected chi connectivity index (χ0v) is 7.95. The molecule has 0 aromatic carbocycles. The van der Waals surface area contributed by atoms with Crippen molar-refractivity contribution < 1.29 is 19.7 Å². The Morgan fingerprint density at radius 2 is 1.86 bits per heavy atom. The van der Waals surface area contributed by atoms with Crippen LogP contribution in [0.2, 0.25) is 0 Å². The Labute approximate surface area is 82.1 Å². The van der Waals surface area contributed by atoms with Gasteiger partial charge in [0.1, 0.15) is 5.41 Å². The van der Waals surface area contributed by atoms with Gasteiger partial charge in [-0.05, 0) is 0 Å². The summed E-state index contributed by atoms with van der Waals surface area (Å²) in [4.78, 5) is 11.2. The van der Waals surface area contributed by atoms with E-state index in [4.69, 9.17) is 9.84 Å². The average molecular weight is 201 g/mol. The van der Waals surface area contributed by atoms with Gasteiger partial charge < -0.3 is 20.3 Å². The minimum absolute atomic E-state index is 0.360. The molecule has 2 fully saturated rings. The molecular formula is C9H15NO4. The van der Waals surface area contributed by atoms with E-state index in [1.165, 1.54) is 0 Å². The van der Waals surface area contributed by atoms with Crippen molar-refractivity contribution in [2.75, 3.05) is 26.3 Å². The minimum Gasteiger partial charge on any atom is -0.481 e. The summed E-state index contributed by atoms with van der Waals surface area (Å²) >= 11 is 0. The number of hydrogen-bond acceptors (Lipinski definition) is 4. The van der Waals surface area contributed by atoms with Gasteiger partial charge in [0.2, 0.25) is 0 Å². The molecule has 2 saturated heterocycles. The number of carboxylic acid groups (broad SMARTS) is 1. The fraction of sp³-hybridized carbons (Fsp3) is 0.889. The Hall–Kier alpha value is -0.650. The number of nitrogens with one attached hydrogen (secondary N) is 1. The maximum Gasteiger partial charge on any atom is 0.315 e. The van der Waals surface area contributed by atoms with Crippen molar-refractivity contribution in [2.45, 2.75) is 18.4 Å². The van der Waals surface area contributed by atoms with Crippen LogP contribution in [0.25, 0.3) is 0 Å². The molecule has 0 bridgehead atoms. The van der Waals surface area contributed by atoms with Crippen LogP contribution in [0.5, 0.6) is 0 Å². The van der Waals surface area contributed by atoms with E-state index in [1.807, 2.05) is 0 Å². The van der Waals surface area contributed by atoms with E-state index in [-0.39, 0.29) is 0 Å². The van der Waals surface area contributed by atoms with Crippen molar-refractivity contribution in [3.63, 3.8) is 0 Å². The Morgan fingerprint density at radius 3 is 2.21 bits per heavy atom. The number of carboxylic acids is 1. The first-order valence-corrected chi connectivity index (χ1v) is 4.85. The molecule has 80 valence electrons. The maximum absolute atomic E-state index is 11.2. The van der Waals surface area contributed by atoms with E-state index in [0.29, 0.717) is 39.1 Å². The van der Waals surface area contributed by atoms with Crippen molar-refractivity contribution in [1.82, 2.24) is 5.32 Å². The molecule has 2 aliphatic rings. The van der Waals surface area contributed by atoms with E-state index in [9.17, 15) is 9.90 Å². The molecule has 0 amide bonds. The Bertz CT molecular complexity index is 243. The fourth-order valence-corrected chi connectivity index (χ4v) is 2.24. The fourth-order valence-electron chi connectivity index (χ4n) is 2.24. The number of aliphatic hydroxyl groups is 1. The summed E-state index contributed by atoms with van der Waals surface area (Å²) in [5.74, 6) is -0.902. The molecule has 0 radical (unpaired) electrons. The second kappa shape index (κ2) is 3.18. The lowest BCUT2D eigenvalue weighted by Gasteiger charge is -2.51. The summed E-state index contributed by atoms with van der Waals surface area (Å²) in [6, 6.07) is 0. The highest BCUT2D eigenvalue weighted by Gasteiger charge is 2.59. The molecule has 0 aromatic heterocycles. The molecule has 0 spiro atoms. The van der Waals surface area contributed by atoms with Gasteiger partial charge in [-0.1, -0.05) is 0 Å². The maximum atomic E-state index is 11.2. The number of hydrogen-bond donors (Lipinski definition) is 3. The molecule has 0 aliphatic carbocycles. The van der Waals surface area contributed by atoms with Crippen molar-refractivity contribution in [1.29, 1.82) is 0 Å². The third-order valence-corrected chi connectivity index (χ3v) is 3.47. The highest BCUT2D eigenvalue weighted by atomic mass is 16.5. The van der Waals surface area contributed by atoms with Gasteiger partial charge >= 0.3 is 5.97 Å². The second-order valence-corrected chi connectivity index (χ2v) is 4.13. The lowest BCUT2D eigenvalue weighted by molar-refractivity contribution is -0.193. The summed E-state index contributed by atoms with van der Waals surface area (Å²) < 4.78 is 5.14. The van der Waals surface area contributed by atoms with E-state index < -0.39 is 17.0 Å². The zero-order valence-electron chi connectivity index (χ0n) is 7.95. The van der Waals surface area contributed by atoms with Gasteiger partial charge in [0.25, 0.3) is 0 Å². The van der Waals surface area contributed by atoms with Crippen molar-refractivity contribution >= 4 is 5.97 Å². The van der Waals surface area contributed by atoms with Gasteiger partial charge in [0, 0.05) is 39.1 Å². The quantitative estimate of drug-likeness (QED) is 0.545. The molecule has 3 N–H and O–H groups in total. The number of ether oxygens (including phenoxy) is 1. The van der Waals surface area contributed by atoms with Crippen LogP contribution in [0.3, 0.4) is 0 Å². The van der Waals surface area contributed by atoms with Gasteiger partial charge in [-0.2, -0.15) is 0 Å². The Morgan fingerprint density at radius 1 is 1.29 bits per heavy atom. The SMILES string of the molecule is O=C(O)C1(C2(O)CCOCC2)CNC1. The monoisotopic (exact) mass is 201 g/mol. The first kappa shape index (κ1) is 9.89. The van der Waals surface area contributed by atoms with Crippen molar-refractivity contribution in [3.05, 3.63) is 0 Å². The number of rotatable bonds is 2. The molecule has 14 heavy (non-hydrogen) atoms. The van der Waals surface area contributed by atoms with Gasteiger partial charge in [0.15, 0.2) is 0 Å². The largest absolute Gasteiger partial charge is 0.481 e. The van der Waals surface area contributed by atoms with Crippen LogP contribution in [0.15, 0.2) is 0 Å². The topological polar surface area (TPSA) is 78.8 Å². The molecule has 2 rings (SSSR count). The highest BCUT2D eigenvalue weighted by molar-refractivity contribution is 5.78. The van der Waals surface area contributed by atoms with Crippen molar-refractivity contribution in [2.24, 2.45) is 5.41 Å². The summed E-state index contributed by atoms with van der Waals surface area (Å²) in [6.07, 6.45) is 0.835. The lowest BCUT2D eigenvalue weighted by Crippen LogP contribution is -2.71. The van der Waals surface area contributed by atoms with Crippen LogP contribution in [0.1, 0.15) is 12.8 Å². The highest BCUT2D eigenvalue weighted by Crippen LogP contribution is 2.42. The first-order chi connectivity index (χ1) is 6.61. The van der Waals surface area contributed by atoms with Crippen LogP contribution in [0.4, 0.5) is 0 Å². The second-order valence-electron chi connectivity index (χ2n) is 4.13. The van der Waals surface area contributed by atoms with Crippen LogP contribution >= 0.6 is 0 Å². The van der Waals surface area contributed by atoms with E-state index in [2.05, 4.69) is 5.32 Å². The Kier molecular flexibility index (Phi) is 2.25. The van der Waals surface area contributed by atoms with Crippen molar-refractivity contribution in [3.8, 4) is 0 Å². The molecule has 0 unspecified atom stereocenters. The van der Waals surface area contributed by atoms with Gasteiger partial charge in [0.05, 0.1) is 5.60 Å². The van der Waals surface area contributed by atoms with E-state index >= 15 is 0 Å². The molecule has 5 heteroatoms. The van der Waals surface area contributed by atoms with Crippen LogP contribution in [-0.4, -0.2) is 48.1 Å². The smallest absolute Gasteiger partial charge is 0.315 e. The normalized spacial score (nSPS) is 29.2. The minimum atomic E-state index is -1.09. The summed E-state index contributed by atoms with van der Waals surface area (Å²) in [7, 11) is 0. The van der Waals surface area contributed by atoms with Crippen LogP contribution in [-0.2, 0) is 9.53 Å².